The van der Waals surface area contributed by atoms with E-state index in [9.17, 15) is 13.5 Å². The van der Waals surface area contributed by atoms with E-state index >= 15 is 0 Å². The predicted molar refractivity (Wildman–Crippen MR) is 83.7 cm³/mol. The van der Waals surface area contributed by atoms with Crippen molar-refractivity contribution in [3.05, 3.63) is 48.0 Å². The Labute approximate surface area is 131 Å². The van der Waals surface area contributed by atoms with Crippen LogP contribution in [0, 0.1) is 0 Å². The van der Waals surface area contributed by atoms with Gasteiger partial charge in [0.25, 0.3) is 10.1 Å². The average Bonchev–Trinajstić information content (AvgIpc) is 2.77. The van der Waals surface area contributed by atoms with Crippen LogP contribution in [0.15, 0.2) is 42.5 Å². The zero-order chi connectivity index (χ0) is 16.0. The molecule has 1 aliphatic rings. The molecule has 0 aromatic heterocycles. The topological polar surface area (TPSA) is 72.8 Å². The molecule has 0 bridgehead atoms. The van der Waals surface area contributed by atoms with Crippen LogP contribution in [-0.2, 0) is 25.5 Å². The summed E-state index contributed by atoms with van der Waals surface area (Å²) in [6, 6.07) is 10.2. The molecule has 1 N–H and O–H groups in total. The number of aliphatic hydroxyl groups is 1. The van der Waals surface area contributed by atoms with Gasteiger partial charge in [-0.2, -0.15) is 8.42 Å². The summed E-state index contributed by atoms with van der Waals surface area (Å²) >= 11 is 0. The highest BCUT2D eigenvalue weighted by molar-refractivity contribution is 7.86. The van der Waals surface area contributed by atoms with Crippen molar-refractivity contribution in [1.82, 2.24) is 0 Å². The fraction of sp³-hybridized carbons (Fsp3) is 0.500. The van der Waals surface area contributed by atoms with E-state index in [0.717, 1.165) is 19.1 Å². The van der Waals surface area contributed by atoms with Crippen LogP contribution in [0.4, 0.5) is 0 Å². The van der Waals surface area contributed by atoms with Crippen molar-refractivity contribution in [2.45, 2.75) is 44.2 Å². The molecule has 0 amide bonds. The van der Waals surface area contributed by atoms with Crippen molar-refractivity contribution in [3.63, 3.8) is 0 Å². The van der Waals surface area contributed by atoms with Gasteiger partial charge in [-0.05, 0) is 24.8 Å². The van der Waals surface area contributed by atoms with Crippen molar-refractivity contribution in [2.24, 2.45) is 0 Å². The lowest BCUT2D eigenvalue weighted by molar-refractivity contribution is -0.0925. The van der Waals surface area contributed by atoms with Gasteiger partial charge in [0, 0.05) is 6.42 Å². The van der Waals surface area contributed by atoms with Crippen molar-refractivity contribution in [3.8, 4) is 0 Å². The van der Waals surface area contributed by atoms with E-state index in [4.69, 9.17) is 8.92 Å². The third kappa shape index (κ3) is 5.88. The van der Waals surface area contributed by atoms with E-state index in [1.165, 1.54) is 5.56 Å². The first-order valence-electron chi connectivity index (χ1n) is 7.35. The van der Waals surface area contributed by atoms with Crippen molar-refractivity contribution < 1.29 is 22.4 Å². The molecule has 0 radical (unpaired) electrons. The van der Waals surface area contributed by atoms with Crippen LogP contribution in [0.5, 0.6) is 0 Å². The van der Waals surface area contributed by atoms with E-state index in [1.807, 2.05) is 30.4 Å². The quantitative estimate of drug-likeness (QED) is 0.613. The number of rotatable bonds is 7. The Hall–Kier alpha value is -1.21. The maximum absolute atomic E-state index is 11.2. The third-order valence-electron chi connectivity index (χ3n) is 3.46. The number of hydrogen-bond acceptors (Lipinski definition) is 5. The number of benzene rings is 1. The lowest BCUT2D eigenvalue weighted by Gasteiger charge is -2.15. The van der Waals surface area contributed by atoms with Gasteiger partial charge < -0.3 is 9.84 Å². The zero-order valence-corrected chi connectivity index (χ0v) is 13.4. The summed E-state index contributed by atoms with van der Waals surface area (Å²) in [7, 11) is -3.55. The average molecular weight is 326 g/mol. The molecule has 22 heavy (non-hydrogen) atoms. The molecule has 0 spiro atoms. The predicted octanol–water partition coefficient (Wildman–Crippen LogP) is 2.02. The highest BCUT2D eigenvalue weighted by Gasteiger charge is 2.36. The minimum absolute atomic E-state index is 0.176. The molecular formula is C16H22O5S. The largest absolute Gasteiger partial charge is 0.368 e. The maximum atomic E-state index is 11.2. The highest BCUT2D eigenvalue weighted by Crippen LogP contribution is 2.25. The van der Waals surface area contributed by atoms with Gasteiger partial charge in [-0.25, -0.2) is 0 Å². The molecule has 1 aromatic rings. The number of aliphatic hydroxyl groups excluding tert-OH is 1. The van der Waals surface area contributed by atoms with Gasteiger partial charge in [-0.15, -0.1) is 0 Å². The number of allylic oxidation sites excluding steroid dienone is 1. The number of hydrogen-bond donors (Lipinski definition) is 1. The summed E-state index contributed by atoms with van der Waals surface area (Å²) in [5.74, 6) is 0. The van der Waals surface area contributed by atoms with Gasteiger partial charge in [-0.1, -0.05) is 42.5 Å². The smallest absolute Gasteiger partial charge is 0.264 e. The summed E-state index contributed by atoms with van der Waals surface area (Å²) in [5.41, 5.74) is 1.28. The van der Waals surface area contributed by atoms with Gasteiger partial charge in [0.1, 0.15) is 6.10 Å². The lowest BCUT2D eigenvalue weighted by atomic mass is 10.1. The Balaban J connectivity index is 1.78. The Kier molecular flexibility index (Phi) is 6.14. The SMILES string of the molecule is CS(=O)(=O)O[C@H]1CC(O)O[C@H]1C/C=C\CCc1ccccc1. The first-order chi connectivity index (χ1) is 10.4. The van der Waals surface area contributed by atoms with Crippen LogP contribution in [-0.4, -0.2) is 38.3 Å². The second kappa shape index (κ2) is 7.87. The van der Waals surface area contributed by atoms with Crippen LogP contribution in [0.1, 0.15) is 24.8 Å². The molecule has 1 fully saturated rings. The third-order valence-corrected chi connectivity index (χ3v) is 4.05. The van der Waals surface area contributed by atoms with Gasteiger partial charge in [0.05, 0.1) is 12.4 Å². The second-order valence-corrected chi connectivity index (χ2v) is 7.04. The molecule has 0 aliphatic carbocycles. The summed E-state index contributed by atoms with van der Waals surface area (Å²) < 4.78 is 32.7. The van der Waals surface area contributed by atoms with E-state index in [1.54, 1.807) is 0 Å². The van der Waals surface area contributed by atoms with Gasteiger partial charge in [-0.3, -0.25) is 4.18 Å². The monoisotopic (exact) mass is 326 g/mol. The van der Waals surface area contributed by atoms with Crippen LogP contribution < -0.4 is 0 Å². The zero-order valence-electron chi connectivity index (χ0n) is 12.6. The molecule has 3 atom stereocenters. The summed E-state index contributed by atoms with van der Waals surface area (Å²) in [6.07, 6.45) is 5.52. The van der Waals surface area contributed by atoms with Gasteiger partial charge in [0.2, 0.25) is 0 Å². The molecule has 2 rings (SSSR count). The normalized spacial score (nSPS) is 25.8. The molecule has 6 heteroatoms. The fourth-order valence-electron chi connectivity index (χ4n) is 2.47. The first-order valence-corrected chi connectivity index (χ1v) is 9.16. The van der Waals surface area contributed by atoms with Crippen LogP contribution in [0.25, 0.3) is 0 Å². The van der Waals surface area contributed by atoms with Crippen molar-refractivity contribution in [1.29, 1.82) is 0 Å². The summed E-state index contributed by atoms with van der Waals surface area (Å²) in [4.78, 5) is 0. The van der Waals surface area contributed by atoms with Crippen molar-refractivity contribution in [2.75, 3.05) is 6.26 Å². The molecule has 1 unspecified atom stereocenters. The number of aryl methyl sites for hydroxylation is 1. The number of ether oxygens (including phenoxy) is 1. The van der Waals surface area contributed by atoms with Gasteiger partial charge in [0.15, 0.2) is 6.29 Å². The van der Waals surface area contributed by atoms with E-state index in [2.05, 4.69) is 12.1 Å². The molecule has 1 aromatic carbocycles. The molecular weight excluding hydrogens is 304 g/mol. The van der Waals surface area contributed by atoms with E-state index in [0.29, 0.717) is 6.42 Å². The molecule has 122 valence electrons. The van der Waals surface area contributed by atoms with Gasteiger partial charge >= 0.3 is 0 Å². The summed E-state index contributed by atoms with van der Waals surface area (Å²) in [6.45, 7) is 0. The van der Waals surface area contributed by atoms with Crippen LogP contribution in [0.3, 0.4) is 0 Å². The first kappa shape index (κ1) is 17.1. The van der Waals surface area contributed by atoms with E-state index < -0.39 is 28.6 Å². The lowest BCUT2D eigenvalue weighted by Crippen LogP contribution is -2.26. The standard InChI is InChI=1S/C16H22O5S/c1-22(18,19)21-15-12-16(17)20-14(15)11-7-3-6-10-13-8-4-2-5-9-13/h2-5,7-9,14-17H,6,10-12H2,1H3/b7-3-/t14-,15-,16?/m0/s1. The Morgan fingerprint density at radius 3 is 2.73 bits per heavy atom. The molecule has 1 heterocycles. The Morgan fingerprint density at radius 1 is 1.32 bits per heavy atom. The highest BCUT2D eigenvalue weighted by atomic mass is 32.2. The van der Waals surface area contributed by atoms with Crippen molar-refractivity contribution >= 4 is 10.1 Å². The minimum atomic E-state index is -3.55. The van der Waals surface area contributed by atoms with Crippen LogP contribution in [0.2, 0.25) is 0 Å². The maximum Gasteiger partial charge on any atom is 0.264 e. The molecule has 1 aliphatic heterocycles. The molecule has 0 saturated carbocycles. The summed E-state index contributed by atoms with van der Waals surface area (Å²) in [5, 5.41) is 9.50. The second-order valence-electron chi connectivity index (χ2n) is 5.44. The molecule has 5 nitrogen and oxygen atoms in total. The molecule has 1 saturated heterocycles. The van der Waals surface area contributed by atoms with Crippen LogP contribution >= 0.6 is 0 Å². The minimum Gasteiger partial charge on any atom is -0.368 e. The Morgan fingerprint density at radius 2 is 2.05 bits per heavy atom. The fourth-order valence-corrected chi connectivity index (χ4v) is 3.12. The Bertz CT molecular complexity index is 582. The van der Waals surface area contributed by atoms with E-state index in [-0.39, 0.29) is 6.42 Å².